The van der Waals surface area contributed by atoms with Crippen molar-refractivity contribution in [1.82, 2.24) is 16.0 Å². The van der Waals surface area contributed by atoms with Crippen molar-refractivity contribution in [3.05, 3.63) is 0 Å². The monoisotopic (exact) mass is 383 g/mol. The molecule has 0 aliphatic rings. The van der Waals surface area contributed by atoms with Gasteiger partial charge in [0.05, 0.1) is 6.61 Å². The maximum absolute atomic E-state index is 12.0. The van der Waals surface area contributed by atoms with Crippen molar-refractivity contribution >= 4 is 19.6 Å². The molecule has 0 bridgehead atoms. The molecule has 0 aliphatic heterocycles. The zero-order chi connectivity index (χ0) is 19.3. The van der Waals surface area contributed by atoms with Crippen LogP contribution in [0.15, 0.2) is 0 Å². The van der Waals surface area contributed by atoms with E-state index in [9.17, 15) is 19.3 Å². The second kappa shape index (κ2) is 13.2. The summed E-state index contributed by atoms with van der Waals surface area (Å²) in [4.78, 5) is 32.2. The van der Waals surface area contributed by atoms with Gasteiger partial charge in [-0.3, -0.25) is 24.0 Å². The molecule has 3 atom stereocenters. The van der Waals surface area contributed by atoms with Crippen LogP contribution in [0, 0.1) is 0 Å². The molecule has 0 rings (SSSR count). The average Bonchev–Trinajstić information content (AvgIpc) is 2.53. The van der Waals surface area contributed by atoms with Gasteiger partial charge in [-0.1, -0.05) is 12.8 Å². The molecule has 0 aromatic carbocycles. The van der Waals surface area contributed by atoms with Gasteiger partial charge in [0.1, 0.15) is 12.3 Å². The first-order valence-corrected chi connectivity index (χ1v) is 9.67. The molecule has 0 saturated heterocycles. The molecule has 0 spiro atoms. The van der Waals surface area contributed by atoms with Crippen molar-refractivity contribution in [2.75, 3.05) is 26.8 Å². The standard InChI is InChI=1S/C14H30N3O7P/c1-11(18)16-10-13(17-12(2)19)14(20)15-8-6-4-5-7-9-24-25(21,22)23-3/h11,13,16,18H,4-10H2,1-3H3,(H,15,20)(H,17,19)(H,21,22)/t11?,13-/m0/s1. The molecule has 0 aromatic heterocycles. The number of unbranched alkanes of at least 4 members (excludes halogenated alkanes) is 3. The Balaban J connectivity index is 3.87. The van der Waals surface area contributed by atoms with Crippen molar-refractivity contribution < 1.29 is 33.2 Å². The van der Waals surface area contributed by atoms with E-state index in [1.807, 2.05) is 0 Å². The van der Waals surface area contributed by atoms with Crippen LogP contribution in [0.3, 0.4) is 0 Å². The molecule has 5 N–H and O–H groups in total. The van der Waals surface area contributed by atoms with Crippen LogP contribution in [0.2, 0.25) is 0 Å². The second-order valence-electron chi connectivity index (χ2n) is 5.53. The molecule has 0 aliphatic carbocycles. The molecule has 2 unspecified atom stereocenters. The Hall–Kier alpha value is -1.03. The lowest BCUT2D eigenvalue weighted by atomic mass is 10.2. The van der Waals surface area contributed by atoms with Crippen LogP contribution in [0.5, 0.6) is 0 Å². The normalized spacial score (nSPS) is 15.9. The molecule has 0 radical (unpaired) electrons. The highest BCUT2D eigenvalue weighted by molar-refractivity contribution is 7.47. The fourth-order valence-corrected chi connectivity index (χ4v) is 2.36. The van der Waals surface area contributed by atoms with E-state index < -0.39 is 20.1 Å². The minimum atomic E-state index is -3.90. The highest BCUT2D eigenvalue weighted by Gasteiger charge is 2.19. The lowest BCUT2D eigenvalue weighted by molar-refractivity contribution is -0.128. The third-order valence-corrected chi connectivity index (χ3v) is 4.14. The molecule has 11 heteroatoms. The summed E-state index contributed by atoms with van der Waals surface area (Å²) in [5.74, 6) is -0.655. The van der Waals surface area contributed by atoms with E-state index >= 15 is 0 Å². The number of nitrogens with one attached hydrogen (secondary N) is 3. The topological polar surface area (TPSA) is 146 Å². The van der Waals surface area contributed by atoms with Gasteiger partial charge in [-0.15, -0.1) is 0 Å². The second-order valence-corrected chi connectivity index (χ2v) is 7.09. The molecule has 2 amide bonds. The summed E-state index contributed by atoms with van der Waals surface area (Å²) in [6.07, 6.45) is 2.14. The highest BCUT2D eigenvalue weighted by Crippen LogP contribution is 2.41. The van der Waals surface area contributed by atoms with E-state index in [1.165, 1.54) is 13.8 Å². The molecule has 0 saturated carbocycles. The first-order valence-electron chi connectivity index (χ1n) is 8.17. The minimum Gasteiger partial charge on any atom is -0.379 e. The van der Waals surface area contributed by atoms with Crippen molar-refractivity contribution in [2.45, 2.75) is 51.8 Å². The third-order valence-electron chi connectivity index (χ3n) is 3.17. The average molecular weight is 383 g/mol. The van der Waals surface area contributed by atoms with E-state index in [2.05, 4.69) is 25.0 Å². The molecule has 10 nitrogen and oxygen atoms in total. The lowest BCUT2D eigenvalue weighted by Gasteiger charge is -2.19. The maximum Gasteiger partial charge on any atom is 0.471 e. The summed E-state index contributed by atoms with van der Waals surface area (Å²) in [7, 11) is -2.79. The predicted molar refractivity (Wildman–Crippen MR) is 91.6 cm³/mol. The number of aliphatic hydroxyl groups is 1. The number of amides is 2. The van der Waals surface area contributed by atoms with Gasteiger partial charge in [-0.25, -0.2) is 4.57 Å². The lowest BCUT2D eigenvalue weighted by Crippen LogP contribution is -2.52. The number of carbonyl (C=O) groups is 2. The van der Waals surface area contributed by atoms with Crippen molar-refractivity contribution in [1.29, 1.82) is 0 Å². The van der Waals surface area contributed by atoms with Gasteiger partial charge in [-0.2, -0.15) is 0 Å². The Morgan fingerprint density at radius 2 is 1.84 bits per heavy atom. The number of hydrogen-bond donors (Lipinski definition) is 5. The van der Waals surface area contributed by atoms with E-state index in [0.717, 1.165) is 26.4 Å². The molecule has 0 aromatic rings. The molecule has 25 heavy (non-hydrogen) atoms. The van der Waals surface area contributed by atoms with Gasteiger partial charge in [0.25, 0.3) is 0 Å². The zero-order valence-corrected chi connectivity index (χ0v) is 15.9. The van der Waals surface area contributed by atoms with Crippen LogP contribution in [0.4, 0.5) is 0 Å². The summed E-state index contributed by atoms with van der Waals surface area (Å²) in [5.41, 5.74) is 0. The van der Waals surface area contributed by atoms with Crippen molar-refractivity contribution in [3.8, 4) is 0 Å². The smallest absolute Gasteiger partial charge is 0.379 e. The Kier molecular flexibility index (Phi) is 12.7. The van der Waals surface area contributed by atoms with E-state index in [0.29, 0.717) is 13.0 Å². The molecular weight excluding hydrogens is 353 g/mol. The van der Waals surface area contributed by atoms with E-state index in [1.54, 1.807) is 0 Å². The van der Waals surface area contributed by atoms with Crippen LogP contribution in [0.1, 0.15) is 39.5 Å². The first kappa shape index (κ1) is 24.0. The molecular formula is C14H30N3O7P. The summed E-state index contributed by atoms with van der Waals surface area (Å²) < 4.78 is 20.0. The molecule has 0 fully saturated rings. The number of carbonyl (C=O) groups excluding carboxylic acids is 2. The summed E-state index contributed by atoms with van der Waals surface area (Å²) in [6, 6.07) is -0.756. The molecule has 148 valence electrons. The quantitative estimate of drug-likeness (QED) is 0.158. The van der Waals surface area contributed by atoms with Crippen LogP contribution in [-0.2, 0) is 23.2 Å². The Morgan fingerprint density at radius 1 is 1.20 bits per heavy atom. The highest BCUT2D eigenvalue weighted by atomic mass is 31.2. The summed E-state index contributed by atoms with van der Waals surface area (Å²) in [6.45, 7) is 3.54. The van der Waals surface area contributed by atoms with E-state index in [4.69, 9.17) is 4.89 Å². The van der Waals surface area contributed by atoms with Crippen LogP contribution in [-0.4, -0.2) is 60.9 Å². The molecule has 0 heterocycles. The number of phosphoric acid groups is 1. The van der Waals surface area contributed by atoms with Crippen LogP contribution in [0.25, 0.3) is 0 Å². The van der Waals surface area contributed by atoms with Crippen LogP contribution < -0.4 is 16.0 Å². The fourth-order valence-electron chi connectivity index (χ4n) is 1.89. The summed E-state index contributed by atoms with van der Waals surface area (Å²) in [5, 5.41) is 17.1. The van der Waals surface area contributed by atoms with Gasteiger partial charge < -0.3 is 20.6 Å². The number of phosphoric ester groups is 1. The van der Waals surface area contributed by atoms with Crippen molar-refractivity contribution in [2.24, 2.45) is 0 Å². The summed E-state index contributed by atoms with van der Waals surface area (Å²) >= 11 is 0. The van der Waals surface area contributed by atoms with Gasteiger partial charge in [-0.05, 0) is 19.8 Å². The Bertz CT molecular complexity index is 448. The van der Waals surface area contributed by atoms with Gasteiger partial charge in [0.15, 0.2) is 0 Å². The minimum absolute atomic E-state index is 0.126. The van der Waals surface area contributed by atoms with Gasteiger partial charge in [0, 0.05) is 27.1 Å². The number of aliphatic hydroxyl groups excluding tert-OH is 1. The van der Waals surface area contributed by atoms with Crippen LogP contribution >= 0.6 is 7.82 Å². The number of rotatable bonds is 14. The predicted octanol–water partition coefficient (Wildman–Crippen LogP) is -0.141. The van der Waals surface area contributed by atoms with Gasteiger partial charge in [0.2, 0.25) is 11.8 Å². The van der Waals surface area contributed by atoms with Gasteiger partial charge >= 0.3 is 7.82 Å². The first-order chi connectivity index (χ1) is 11.7. The Morgan fingerprint density at radius 3 is 2.40 bits per heavy atom. The number of hydrogen-bond acceptors (Lipinski definition) is 7. The third kappa shape index (κ3) is 13.9. The SMILES string of the molecule is COP(=O)(O)OCCCCCCNC(=O)[C@H](CNC(C)O)NC(C)=O. The van der Waals surface area contributed by atoms with E-state index in [-0.39, 0.29) is 25.0 Å². The Labute approximate surface area is 148 Å². The maximum atomic E-state index is 12.0. The van der Waals surface area contributed by atoms with Crippen molar-refractivity contribution in [3.63, 3.8) is 0 Å². The largest absolute Gasteiger partial charge is 0.471 e. The fraction of sp³-hybridized carbons (Fsp3) is 0.857. The zero-order valence-electron chi connectivity index (χ0n) is 15.0.